The molecular weight excluding hydrogens is 114 g/mol. The summed E-state index contributed by atoms with van der Waals surface area (Å²) in [6.45, 7) is 0. The zero-order valence-corrected chi connectivity index (χ0v) is 4.49. The Morgan fingerprint density at radius 3 is 1.67 bits per heavy atom. The van der Waals surface area contributed by atoms with Crippen LogP contribution >= 0.6 is 0 Å². The van der Waals surface area contributed by atoms with Gasteiger partial charge in [-0.15, -0.1) is 0 Å². The van der Waals surface area contributed by atoms with Crippen molar-refractivity contribution in [2.24, 2.45) is 0 Å². The summed E-state index contributed by atoms with van der Waals surface area (Å²) in [5, 5.41) is 0. The molecule has 1 nitrogen and oxygen atoms in total. The summed E-state index contributed by atoms with van der Waals surface area (Å²) in [5.74, 6) is 0. The zero-order valence-electron chi connectivity index (χ0n) is 3.22. The van der Waals surface area contributed by atoms with Crippen LogP contribution in [0.15, 0.2) is 24.5 Å². The first kappa shape index (κ1) is 5.81. The van der Waals surface area contributed by atoms with E-state index in [0.717, 1.165) is 0 Å². The molecule has 1 rings (SSSR count). The molecule has 29 valence electrons. The number of rotatable bonds is 0. The monoisotopic (exact) mass is 119 g/mol. The molecule has 0 saturated heterocycles. The van der Waals surface area contributed by atoms with Crippen LogP contribution in [0.1, 0.15) is 0 Å². The molecule has 6 heavy (non-hydrogen) atoms. The Balaban J connectivity index is 0.000000250. The Labute approximate surface area is 47.5 Å². The summed E-state index contributed by atoms with van der Waals surface area (Å²) in [6.07, 6.45) is 3.75. The van der Waals surface area contributed by atoms with Gasteiger partial charge in [-0.05, 0) is 12.1 Å². The van der Waals surface area contributed by atoms with E-state index in [9.17, 15) is 0 Å². The standard InChI is InChI=1S/C4H5N.Cr/c1-2-4-5-3-1;/h1-5H;/q;+3. The van der Waals surface area contributed by atoms with Gasteiger partial charge in [-0.3, -0.25) is 0 Å². The van der Waals surface area contributed by atoms with E-state index in [-0.39, 0.29) is 17.4 Å². The first-order chi connectivity index (χ1) is 2.50. The van der Waals surface area contributed by atoms with Gasteiger partial charge in [-0.25, -0.2) is 0 Å². The third-order valence-corrected chi connectivity index (χ3v) is 0.496. The van der Waals surface area contributed by atoms with Gasteiger partial charge < -0.3 is 4.98 Å². The van der Waals surface area contributed by atoms with E-state index in [1.54, 1.807) is 0 Å². The largest absolute Gasteiger partial charge is 3.00 e. The van der Waals surface area contributed by atoms with Crippen LogP contribution in [0.25, 0.3) is 0 Å². The van der Waals surface area contributed by atoms with Crippen molar-refractivity contribution in [3.63, 3.8) is 0 Å². The Morgan fingerprint density at radius 2 is 1.50 bits per heavy atom. The molecule has 1 aromatic heterocycles. The van der Waals surface area contributed by atoms with Gasteiger partial charge in [0.25, 0.3) is 0 Å². The van der Waals surface area contributed by atoms with Crippen LogP contribution in [0, 0.1) is 0 Å². The van der Waals surface area contributed by atoms with E-state index >= 15 is 0 Å². The van der Waals surface area contributed by atoms with Gasteiger partial charge in [-0.1, -0.05) is 0 Å². The maximum Gasteiger partial charge on any atom is 3.00 e. The topological polar surface area (TPSA) is 15.8 Å². The molecule has 1 N–H and O–H groups in total. The van der Waals surface area contributed by atoms with E-state index < -0.39 is 0 Å². The molecule has 0 unspecified atom stereocenters. The minimum atomic E-state index is 0. The van der Waals surface area contributed by atoms with Gasteiger partial charge in [0.15, 0.2) is 0 Å². The minimum absolute atomic E-state index is 0. The maximum atomic E-state index is 2.86. The molecule has 0 aliphatic heterocycles. The molecule has 0 spiro atoms. The van der Waals surface area contributed by atoms with E-state index in [2.05, 4.69) is 4.98 Å². The number of aromatic amines is 1. The maximum absolute atomic E-state index is 2.86. The van der Waals surface area contributed by atoms with E-state index in [1.807, 2.05) is 24.5 Å². The zero-order chi connectivity index (χ0) is 3.54. The van der Waals surface area contributed by atoms with Crippen molar-refractivity contribution in [2.75, 3.05) is 0 Å². The second-order valence-corrected chi connectivity index (χ2v) is 0.885. The molecular formula is C4H5CrN+3. The smallest absolute Gasteiger partial charge is 0.368 e. The molecule has 0 fully saturated rings. The van der Waals surface area contributed by atoms with Gasteiger partial charge in [0.2, 0.25) is 0 Å². The second-order valence-electron chi connectivity index (χ2n) is 0.885. The fourth-order valence-corrected chi connectivity index (χ4v) is 0.278. The third kappa shape index (κ3) is 1.30. The molecule has 0 saturated carbocycles. The molecule has 1 aromatic rings. The Hall–Kier alpha value is -0.188. The van der Waals surface area contributed by atoms with Crippen LogP contribution in [0.3, 0.4) is 0 Å². The number of nitrogens with one attached hydrogen (secondary N) is 1. The predicted molar refractivity (Wildman–Crippen MR) is 20.8 cm³/mol. The van der Waals surface area contributed by atoms with Gasteiger partial charge in [0.05, 0.1) is 0 Å². The molecule has 0 aliphatic rings. The first-order valence-electron chi connectivity index (χ1n) is 1.58. The van der Waals surface area contributed by atoms with Crippen LogP contribution < -0.4 is 0 Å². The molecule has 0 amide bonds. The molecule has 0 aliphatic carbocycles. The summed E-state index contributed by atoms with van der Waals surface area (Å²) in [7, 11) is 0. The molecule has 0 bridgehead atoms. The SMILES string of the molecule is [Cr+3].c1cc[nH]c1. The van der Waals surface area contributed by atoms with Crippen LogP contribution in [0.4, 0.5) is 0 Å². The predicted octanol–water partition coefficient (Wildman–Crippen LogP) is 1.01. The van der Waals surface area contributed by atoms with Gasteiger partial charge in [0, 0.05) is 12.4 Å². The first-order valence-corrected chi connectivity index (χ1v) is 1.58. The van der Waals surface area contributed by atoms with Crippen LogP contribution in [-0.2, 0) is 17.4 Å². The number of hydrogen-bond acceptors (Lipinski definition) is 0. The van der Waals surface area contributed by atoms with E-state index in [4.69, 9.17) is 0 Å². The summed E-state index contributed by atoms with van der Waals surface area (Å²) in [5.41, 5.74) is 0. The summed E-state index contributed by atoms with van der Waals surface area (Å²) >= 11 is 0. The van der Waals surface area contributed by atoms with Crippen LogP contribution in [-0.4, -0.2) is 4.98 Å². The molecule has 2 heteroatoms. The van der Waals surface area contributed by atoms with Crippen LogP contribution in [0.2, 0.25) is 0 Å². The van der Waals surface area contributed by atoms with Crippen molar-refractivity contribution < 1.29 is 17.4 Å². The minimum Gasteiger partial charge on any atom is -0.368 e. The molecule has 0 aromatic carbocycles. The van der Waals surface area contributed by atoms with Gasteiger partial charge in [-0.2, -0.15) is 0 Å². The Bertz CT molecular complexity index is 64.0. The number of hydrogen-bond donors (Lipinski definition) is 1. The fourth-order valence-electron chi connectivity index (χ4n) is 0.278. The quantitative estimate of drug-likeness (QED) is 0.524. The van der Waals surface area contributed by atoms with Crippen molar-refractivity contribution >= 4 is 0 Å². The number of H-pyrrole nitrogens is 1. The van der Waals surface area contributed by atoms with E-state index in [0.29, 0.717) is 0 Å². The number of aromatic nitrogens is 1. The summed E-state index contributed by atoms with van der Waals surface area (Å²) in [4.78, 5) is 2.86. The molecule has 1 heterocycles. The van der Waals surface area contributed by atoms with Crippen molar-refractivity contribution in [3.05, 3.63) is 24.5 Å². The fraction of sp³-hybridized carbons (Fsp3) is 0. The normalized spacial score (nSPS) is 6.67. The van der Waals surface area contributed by atoms with Crippen LogP contribution in [0.5, 0.6) is 0 Å². The molecule has 0 atom stereocenters. The van der Waals surface area contributed by atoms with Crippen molar-refractivity contribution in [2.45, 2.75) is 0 Å². The average Bonchev–Trinajstić information content (AvgIpc) is 1.76. The second kappa shape index (κ2) is 3.02. The summed E-state index contributed by atoms with van der Waals surface area (Å²) in [6, 6.07) is 3.89. The third-order valence-electron chi connectivity index (χ3n) is 0.496. The van der Waals surface area contributed by atoms with E-state index in [1.165, 1.54) is 0 Å². The van der Waals surface area contributed by atoms with Gasteiger partial charge in [0.1, 0.15) is 0 Å². The average molecular weight is 119 g/mol. The summed E-state index contributed by atoms with van der Waals surface area (Å²) < 4.78 is 0. The van der Waals surface area contributed by atoms with Gasteiger partial charge >= 0.3 is 17.4 Å². The Kier molecular flexibility index (Phi) is 2.93. The van der Waals surface area contributed by atoms with Crippen molar-refractivity contribution in [1.29, 1.82) is 0 Å². The van der Waals surface area contributed by atoms with Crippen molar-refractivity contribution in [1.82, 2.24) is 4.98 Å². The Morgan fingerprint density at radius 1 is 1.00 bits per heavy atom. The molecule has 1 radical (unpaired) electrons. The van der Waals surface area contributed by atoms with Crippen molar-refractivity contribution in [3.8, 4) is 0 Å².